The first-order valence-electron chi connectivity index (χ1n) is 10.8. The van der Waals surface area contributed by atoms with Gasteiger partial charge in [-0.15, -0.1) is 0 Å². The number of benzene rings is 1. The molecule has 0 saturated carbocycles. The summed E-state index contributed by atoms with van der Waals surface area (Å²) in [5.74, 6) is 1.30. The molecule has 0 N–H and O–H groups in total. The molecular weight excluding hydrogens is 372 g/mol. The molecule has 1 saturated heterocycles. The second kappa shape index (κ2) is 8.82. The molecule has 0 radical (unpaired) electrons. The van der Waals surface area contributed by atoms with Crippen LogP contribution in [-0.4, -0.2) is 46.5 Å². The summed E-state index contributed by atoms with van der Waals surface area (Å²) in [6.45, 7) is 8.74. The predicted molar refractivity (Wildman–Crippen MR) is 122 cm³/mol. The Bertz CT molecular complexity index is 1040. The quantitative estimate of drug-likeness (QED) is 0.638. The minimum Gasteiger partial charge on any atom is -0.353 e. The zero-order chi connectivity index (χ0) is 21.1. The van der Waals surface area contributed by atoms with Crippen LogP contribution in [0.25, 0.3) is 10.9 Å². The number of carbonyl (C=O) groups excluding carboxylic acids is 1. The number of piperazine rings is 1. The average molecular weight is 403 g/mol. The van der Waals surface area contributed by atoms with Crippen molar-refractivity contribution in [1.82, 2.24) is 14.9 Å². The third-order valence-electron chi connectivity index (χ3n) is 6.01. The van der Waals surface area contributed by atoms with Crippen LogP contribution in [0.2, 0.25) is 0 Å². The van der Waals surface area contributed by atoms with E-state index in [4.69, 9.17) is 0 Å². The van der Waals surface area contributed by atoms with E-state index in [1.165, 1.54) is 22.1 Å². The Kier molecular flexibility index (Phi) is 5.98. The number of aryl methyl sites for hydroxylation is 3. The van der Waals surface area contributed by atoms with Crippen molar-refractivity contribution in [3.63, 3.8) is 0 Å². The molecule has 3 heterocycles. The maximum atomic E-state index is 12.9. The van der Waals surface area contributed by atoms with Crippen LogP contribution in [0.1, 0.15) is 36.5 Å². The van der Waals surface area contributed by atoms with Gasteiger partial charge in [-0.3, -0.25) is 9.78 Å². The van der Waals surface area contributed by atoms with Gasteiger partial charge in [-0.05, 0) is 62.4 Å². The molecule has 1 fully saturated rings. The van der Waals surface area contributed by atoms with Gasteiger partial charge in [0.1, 0.15) is 5.82 Å². The van der Waals surface area contributed by atoms with E-state index >= 15 is 0 Å². The summed E-state index contributed by atoms with van der Waals surface area (Å²) in [6, 6.07) is 12.7. The average Bonchev–Trinajstić information content (AvgIpc) is 2.74. The minimum absolute atomic E-state index is 0.190. The van der Waals surface area contributed by atoms with Gasteiger partial charge < -0.3 is 9.80 Å². The minimum atomic E-state index is 0.190. The molecule has 1 amide bonds. The summed E-state index contributed by atoms with van der Waals surface area (Å²) in [6.07, 6.45) is 6.09. The first-order valence-corrected chi connectivity index (χ1v) is 10.8. The molecule has 1 aromatic carbocycles. The Morgan fingerprint density at radius 1 is 1.13 bits per heavy atom. The molecule has 1 aliphatic heterocycles. The van der Waals surface area contributed by atoms with Crippen LogP contribution in [0.15, 0.2) is 48.8 Å². The van der Waals surface area contributed by atoms with Crippen molar-refractivity contribution in [3.05, 3.63) is 65.5 Å². The van der Waals surface area contributed by atoms with Gasteiger partial charge in [-0.25, -0.2) is 4.98 Å². The van der Waals surface area contributed by atoms with Crippen LogP contribution in [-0.2, 0) is 11.2 Å². The summed E-state index contributed by atoms with van der Waals surface area (Å²) in [7, 11) is 0. The maximum Gasteiger partial charge on any atom is 0.222 e. The van der Waals surface area contributed by atoms with Crippen LogP contribution in [0.3, 0.4) is 0 Å². The highest BCUT2D eigenvalue weighted by Gasteiger charge is 2.28. The molecule has 0 aliphatic carbocycles. The van der Waals surface area contributed by atoms with Crippen molar-refractivity contribution in [3.8, 4) is 0 Å². The number of carbonyl (C=O) groups is 1. The molecule has 0 bridgehead atoms. The summed E-state index contributed by atoms with van der Waals surface area (Å²) in [5.41, 5.74) is 4.67. The van der Waals surface area contributed by atoms with Crippen LogP contribution in [0, 0.1) is 13.8 Å². The molecule has 2 aromatic heterocycles. The van der Waals surface area contributed by atoms with E-state index in [-0.39, 0.29) is 11.9 Å². The van der Waals surface area contributed by atoms with Gasteiger partial charge in [-0.2, -0.15) is 0 Å². The molecule has 5 heteroatoms. The zero-order valence-corrected chi connectivity index (χ0v) is 18.1. The van der Waals surface area contributed by atoms with Crippen molar-refractivity contribution in [2.75, 3.05) is 24.5 Å². The summed E-state index contributed by atoms with van der Waals surface area (Å²) in [4.78, 5) is 26.3. The number of amides is 1. The zero-order valence-electron chi connectivity index (χ0n) is 18.1. The molecular formula is C25H30N4O. The highest BCUT2D eigenvalue weighted by molar-refractivity contribution is 5.82. The van der Waals surface area contributed by atoms with Crippen LogP contribution >= 0.6 is 0 Å². The SMILES string of the molecule is Cc1cnc(N2CCN(C(=O)CCCc3cccc4ncccc34)[C@H](C)C2)c(C)c1. The lowest BCUT2D eigenvalue weighted by Crippen LogP contribution is -2.54. The fourth-order valence-corrected chi connectivity index (χ4v) is 4.52. The normalized spacial score (nSPS) is 16.8. The number of hydrogen-bond acceptors (Lipinski definition) is 4. The Hall–Kier alpha value is -2.95. The lowest BCUT2D eigenvalue weighted by Gasteiger charge is -2.41. The van der Waals surface area contributed by atoms with Gasteiger partial charge in [0, 0.05) is 49.9 Å². The molecule has 4 rings (SSSR count). The molecule has 0 unspecified atom stereocenters. The number of fused-ring (bicyclic) bond motifs is 1. The Morgan fingerprint density at radius 2 is 2.00 bits per heavy atom. The second-order valence-electron chi connectivity index (χ2n) is 8.38. The van der Waals surface area contributed by atoms with Gasteiger partial charge in [0.25, 0.3) is 0 Å². The van der Waals surface area contributed by atoms with E-state index in [2.05, 4.69) is 59.9 Å². The van der Waals surface area contributed by atoms with Crippen molar-refractivity contribution in [1.29, 1.82) is 0 Å². The lowest BCUT2D eigenvalue weighted by atomic mass is 10.0. The van der Waals surface area contributed by atoms with E-state index in [0.29, 0.717) is 6.42 Å². The smallest absolute Gasteiger partial charge is 0.222 e. The van der Waals surface area contributed by atoms with E-state index in [1.54, 1.807) is 0 Å². The second-order valence-corrected chi connectivity index (χ2v) is 8.38. The number of anilines is 1. The summed E-state index contributed by atoms with van der Waals surface area (Å²) in [5, 5.41) is 1.19. The molecule has 1 atom stereocenters. The van der Waals surface area contributed by atoms with Gasteiger partial charge in [-0.1, -0.05) is 24.3 Å². The maximum absolute atomic E-state index is 12.9. The van der Waals surface area contributed by atoms with E-state index < -0.39 is 0 Å². The van der Waals surface area contributed by atoms with Crippen molar-refractivity contribution in [2.24, 2.45) is 0 Å². The Labute approximate surface area is 178 Å². The Balaban J connectivity index is 1.33. The van der Waals surface area contributed by atoms with Gasteiger partial charge >= 0.3 is 0 Å². The first kappa shape index (κ1) is 20.3. The monoisotopic (exact) mass is 402 g/mol. The van der Waals surface area contributed by atoms with Crippen molar-refractivity contribution < 1.29 is 4.79 Å². The van der Waals surface area contributed by atoms with Crippen LogP contribution < -0.4 is 4.90 Å². The molecule has 0 spiro atoms. The standard InChI is InChI=1S/C25H30N4O/c1-18-15-19(2)25(27-16-18)28-13-14-29(20(3)17-28)24(30)11-5-8-21-7-4-10-23-22(21)9-6-12-26-23/h4,6-7,9-10,12,15-16,20H,5,8,11,13-14,17H2,1-3H3/t20-/m1/s1. The third kappa shape index (κ3) is 4.30. The highest BCUT2D eigenvalue weighted by Crippen LogP contribution is 2.23. The van der Waals surface area contributed by atoms with E-state index in [9.17, 15) is 4.79 Å². The van der Waals surface area contributed by atoms with Crippen LogP contribution in [0.4, 0.5) is 5.82 Å². The Morgan fingerprint density at radius 3 is 2.80 bits per heavy atom. The highest BCUT2D eigenvalue weighted by atomic mass is 16.2. The predicted octanol–water partition coefficient (Wildman–Crippen LogP) is 4.31. The number of nitrogens with zero attached hydrogens (tertiary/aromatic N) is 4. The molecule has 1 aliphatic rings. The van der Waals surface area contributed by atoms with E-state index in [1.807, 2.05) is 29.4 Å². The summed E-state index contributed by atoms with van der Waals surface area (Å²) < 4.78 is 0. The number of hydrogen-bond donors (Lipinski definition) is 0. The van der Waals surface area contributed by atoms with Gasteiger partial charge in [0.05, 0.1) is 5.52 Å². The van der Waals surface area contributed by atoms with Crippen molar-refractivity contribution >= 4 is 22.6 Å². The molecule has 156 valence electrons. The number of rotatable bonds is 5. The van der Waals surface area contributed by atoms with Gasteiger partial charge in [0.2, 0.25) is 5.91 Å². The fraction of sp³-hybridized carbons (Fsp3) is 0.400. The number of pyridine rings is 2. The topological polar surface area (TPSA) is 49.3 Å². The van der Waals surface area contributed by atoms with E-state index in [0.717, 1.165) is 43.8 Å². The number of aromatic nitrogens is 2. The summed E-state index contributed by atoms with van der Waals surface area (Å²) >= 11 is 0. The third-order valence-corrected chi connectivity index (χ3v) is 6.01. The van der Waals surface area contributed by atoms with Crippen LogP contribution in [0.5, 0.6) is 0 Å². The van der Waals surface area contributed by atoms with Gasteiger partial charge in [0.15, 0.2) is 0 Å². The molecule has 3 aromatic rings. The molecule has 5 nitrogen and oxygen atoms in total. The van der Waals surface area contributed by atoms with Crippen molar-refractivity contribution in [2.45, 2.75) is 46.1 Å². The fourth-order valence-electron chi connectivity index (χ4n) is 4.52. The lowest BCUT2D eigenvalue weighted by molar-refractivity contribution is -0.133. The first-order chi connectivity index (χ1) is 14.5. The molecule has 30 heavy (non-hydrogen) atoms. The largest absolute Gasteiger partial charge is 0.353 e.